The summed E-state index contributed by atoms with van der Waals surface area (Å²) in [4.78, 5) is 25.6. The second-order valence-electron chi connectivity index (χ2n) is 8.64. The van der Waals surface area contributed by atoms with Crippen molar-refractivity contribution in [2.24, 2.45) is 0 Å². The number of hydrogen-bond acceptors (Lipinski definition) is 2. The lowest BCUT2D eigenvalue weighted by atomic mass is 9.96. The Hall–Kier alpha value is -3.78. The third kappa shape index (κ3) is 5.72. The van der Waals surface area contributed by atoms with E-state index in [0.717, 1.165) is 52.6 Å². The number of rotatable bonds is 8. The maximum Gasteiger partial charge on any atom is 0.193 e. The molecule has 0 amide bonds. The highest BCUT2D eigenvalue weighted by molar-refractivity contribution is 6.09. The Bertz CT molecular complexity index is 1160. The van der Waals surface area contributed by atoms with Crippen LogP contribution in [0.3, 0.4) is 0 Å². The molecule has 4 aromatic carbocycles. The molecule has 0 aliphatic rings. The standard InChI is InChI=1S/C31H28O2/c1-22-12-16-26(17-13-22)30(32)28-10-4-8-24(20-28)6-3-7-25-9-5-11-29(21-25)31(33)27-18-14-23(2)15-19-27/h4-5,8-21H,3,6-7H2,1-2H3. The van der Waals surface area contributed by atoms with Crippen LogP contribution in [0, 0.1) is 13.8 Å². The van der Waals surface area contributed by atoms with Crippen molar-refractivity contribution >= 4 is 11.6 Å². The van der Waals surface area contributed by atoms with E-state index in [9.17, 15) is 9.59 Å². The normalized spacial score (nSPS) is 10.7. The Kier molecular flexibility index (Phi) is 6.95. The number of hydrogen-bond donors (Lipinski definition) is 0. The molecule has 2 heteroatoms. The van der Waals surface area contributed by atoms with Crippen LogP contribution in [-0.2, 0) is 12.8 Å². The molecule has 0 unspecified atom stereocenters. The van der Waals surface area contributed by atoms with Gasteiger partial charge in [-0.1, -0.05) is 96.1 Å². The summed E-state index contributed by atoms with van der Waals surface area (Å²) in [5.74, 6) is 0.110. The van der Waals surface area contributed by atoms with Crippen LogP contribution >= 0.6 is 0 Å². The van der Waals surface area contributed by atoms with Crippen molar-refractivity contribution < 1.29 is 9.59 Å². The summed E-state index contributed by atoms with van der Waals surface area (Å²) in [7, 11) is 0. The molecule has 0 saturated carbocycles. The van der Waals surface area contributed by atoms with Crippen LogP contribution in [0.15, 0.2) is 97.1 Å². The van der Waals surface area contributed by atoms with Gasteiger partial charge in [-0.15, -0.1) is 0 Å². The minimum absolute atomic E-state index is 0.0548. The summed E-state index contributed by atoms with van der Waals surface area (Å²) in [5.41, 5.74) is 7.47. The third-order valence-electron chi connectivity index (χ3n) is 5.94. The van der Waals surface area contributed by atoms with E-state index >= 15 is 0 Å². The maximum atomic E-state index is 12.8. The number of benzene rings is 4. The van der Waals surface area contributed by atoms with Crippen molar-refractivity contribution in [1.82, 2.24) is 0 Å². The lowest BCUT2D eigenvalue weighted by Gasteiger charge is -2.07. The largest absolute Gasteiger partial charge is 0.289 e. The van der Waals surface area contributed by atoms with E-state index in [2.05, 4.69) is 12.1 Å². The van der Waals surface area contributed by atoms with Crippen LogP contribution in [0.5, 0.6) is 0 Å². The first kappa shape index (κ1) is 22.4. The van der Waals surface area contributed by atoms with Crippen molar-refractivity contribution in [3.8, 4) is 0 Å². The molecule has 0 heterocycles. The molecule has 164 valence electrons. The molecule has 0 bridgehead atoms. The predicted octanol–water partition coefficient (Wildman–Crippen LogP) is 6.94. The average Bonchev–Trinajstić information content (AvgIpc) is 2.84. The SMILES string of the molecule is Cc1ccc(C(=O)c2cccc(CCCc3cccc(C(=O)c4ccc(C)cc4)c3)c2)cc1. The molecular weight excluding hydrogens is 404 g/mol. The Morgan fingerprint density at radius 3 is 1.30 bits per heavy atom. The monoisotopic (exact) mass is 432 g/mol. The summed E-state index contributed by atoms with van der Waals surface area (Å²) < 4.78 is 0. The van der Waals surface area contributed by atoms with E-state index < -0.39 is 0 Å². The third-order valence-corrected chi connectivity index (χ3v) is 5.94. The summed E-state index contributed by atoms with van der Waals surface area (Å²) in [6, 6.07) is 31.2. The summed E-state index contributed by atoms with van der Waals surface area (Å²) in [6.07, 6.45) is 2.71. The molecule has 33 heavy (non-hydrogen) atoms. The molecule has 0 N–H and O–H groups in total. The Labute approximate surface area is 195 Å². The van der Waals surface area contributed by atoms with Crippen LogP contribution in [-0.4, -0.2) is 11.6 Å². The van der Waals surface area contributed by atoms with Gasteiger partial charge in [-0.3, -0.25) is 9.59 Å². The number of ketones is 2. The van der Waals surface area contributed by atoms with Gasteiger partial charge >= 0.3 is 0 Å². The second-order valence-corrected chi connectivity index (χ2v) is 8.64. The van der Waals surface area contributed by atoms with E-state index in [-0.39, 0.29) is 11.6 Å². The molecule has 0 aromatic heterocycles. The highest BCUT2D eigenvalue weighted by atomic mass is 16.1. The van der Waals surface area contributed by atoms with Crippen LogP contribution in [0.4, 0.5) is 0 Å². The average molecular weight is 433 g/mol. The molecule has 0 spiro atoms. The molecule has 4 aromatic rings. The van der Waals surface area contributed by atoms with Gasteiger partial charge in [0.1, 0.15) is 0 Å². The zero-order valence-corrected chi connectivity index (χ0v) is 19.2. The Balaban J connectivity index is 1.39. The molecule has 0 aliphatic carbocycles. The van der Waals surface area contributed by atoms with E-state index in [1.165, 1.54) is 0 Å². The molecule has 0 fully saturated rings. The zero-order chi connectivity index (χ0) is 23.2. The zero-order valence-electron chi connectivity index (χ0n) is 19.2. The van der Waals surface area contributed by atoms with Gasteiger partial charge in [-0.05, 0) is 56.4 Å². The van der Waals surface area contributed by atoms with Gasteiger partial charge in [0.25, 0.3) is 0 Å². The highest BCUT2D eigenvalue weighted by Crippen LogP contribution is 2.17. The topological polar surface area (TPSA) is 34.1 Å². The van der Waals surface area contributed by atoms with E-state index in [1.807, 2.05) is 98.8 Å². The first-order valence-corrected chi connectivity index (χ1v) is 11.4. The van der Waals surface area contributed by atoms with Gasteiger partial charge in [0.15, 0.2) is 11.6 Å². The second kappa shape index (κ2) is 10.2. The minimum Gasteiger partial charge on any atom is -0.289 e. The molecule has 4 rings (SSSR count). The van der Waals surface area contributed by atoms with Gasteiger partial charge in [0.2, 0.25) is 0 Å². The fourth-order valence-corrected chi connectivity index (χ4v) is 3.98. The van der Waals surface area contributed by atoms with Crippen molar-refractivity contribution in [2.75, 3.05) is 0 Å². The van der Waals surface area contributed by atoms with Crippen LogP contribution in [0.25, 0.3) is 0 Å². The molecular formula is C31H28O2. The fourth-order valence-electron chi connectivity index (χ4n) is 3.98. The minimum atomic E-state index is 0.0548. The predicted molar refractivity (Wildman–Crippen MR) is 134 cm³/mol. The van der Waals surface area contributed by atoms with Gasteiger partial charge in [-0.25, -0.2) is 0 Å². The quantitative estimate of drug-likeness (QED) is 0.283. The van der Waals surface area contributed by atoms with Crippen LogP contribution in [0.2, 0.25) is 0 Å². The number of carbonyl (C=O) groups is 2. The smallest absolute Gasteiger partial charge is 0.193 e. The lowest BCUT2D eigenvalue weighted by Crippen LogP contribution is -2.03. The van der Waals surface area contributed by atoms with Crippen molar-refractivity contribution in [1.29, 1.82) is 0 Å². The first-order valence-electron chi connectivity index (χ1n) is 11.4. The van der Waals surface area contributed by atoms with Gasteiger partial charge < -0.3 is 0 Å². The Morgan fingerprint density at radius 1 is 0.515 bits per heavy atom. The van der Waals surface area contributed by atoms with Crippen LogP contribution in [0.1, 0.15) is 60.5 Å². The number of aryl methyl sites for hydroxylation is 4. The summed E-state index contributed by atoms with van der Waals surface area (Å²) in [5, 5.41) is 0. The first-order chi connectivity index (χ1) is 16.0. The van der Waals surface area contributed by atoms with Gasteiger partial charge in [-0.2, -0.15) is 0 Å². The molecule has 0 saturated heterocycles. The van der Waals surface area contributed by atoms with Crippen molar-refractivity contribution in [3.63, 3.8) is 0 Å². The highest BCUT2D eigenvalue weighted by Gasteiger charge is 2.11. The number of carbonyl (C=O) groups excluding carboxylic acids is 2. The van der Waals surface area contributed by atoms with Gasteiger partial charge in [0, 0.05) is 22.3 Å². The summed E-state index contributed by atoms with van der Waals surface area (Å²) in [6.45, 7) is 4.03. The van der Waals surface area contributed by atoms with E-state index in [0.29, 0.717) is 11.1 Å². The van der Waals surface area contributed by atoms with E-state index in [4.69, 9.17) is 0 Å². The van der Waals surface area contributed by atoms with Gasteiger partial charge in [0.05, 0.1) is 0 Å². The van der Waals surface area contributed by atoms with E-state index in [1.54, 1.807) is 0 Å². The van der Waals surface area contributed by atoms with Crippen LogP contribution < -0.4 is 0 Å². The van der Waals surface area contributed by atoms with Crippen molar-refractivity contribution in [3.05, 3.63) is 142 Å². The Morgan fingerprint density at radius 2 is 0.909 bits per heavy atom. The molecule has 2 nitrogen and oxygen atoms in total. The molecule has 0 aliphatic heterocycles. The fraction of sp³-hybridized carbons (Fsp3) is 0.161. The molecule has 0 radical (unpaired) electrons. The maximum absolute atomic E-state index is 12.8. The lowest BCUT2D eigenvalue weighted by molar-refractivity contribution is 0.103. The van der Waals surface area contributed by atoms with Crippen molar-refractivity contribution in [2.45, 2.75) is 33.1 Å². The summed E-state index contributed by atoms with van der Waals surface area (Å²) >= 11 is 0. The molecule has 0 atom stereocenters.